The van der Waals surface area contributed by atoms with E-state index >= 15 is 4.39 Å². The van der Waals surface area contributed by atoms with Crippen molar-refractivity contribution in [3.05, 3.63) is 108 Å². The predicted octanol–water partition coefficient (Wildman–Crippen LogP) is 4.57. The minimum atomic E-state index is -1.54. The van der Waals surface area contributed by atoms with Crippen molar-refractivity contribution in [2.75, 3.05) is 6.61 Å². The summed E-state index contributed by atoms with van der Waals surface area (Å²) >= 11 is 0. The molecule has 0 bridgehead atoms. The molecule has 5 atom stereocenters. The summed E-state index contributed by atoms with van der Waals surface area (Å²) in [6.07, 6.45) is -4.39. The van der Waals surface area contributed by atoms with Crippen LogP contribution < -0.4 is 5.32 Å². The number of hydrogen-bond donors (Lipinski definition) is 1. The summed E-state index contributed by atoms with van der Waals surface area (Å²) in [6, 6.07) is 27.9. The van der Waals surface area contributed by atoms with Crippen LogP contribution in [0.1, 0.15) is 23.6 Å². The van der Waals surface area contributed by atoms with E-state index in [2.05, 4.69) is 5.32 Å². The Morgan fingerprint density at radius 1 is 0.806 bits per heavy atom. The highest BCUT2D eigenvalue weighted by Crippen LogP contribution is 2.29. The van der Waals surface area contributed by atoms with Gasteiger partial charge in [0.2, 0.25) is 5.91 Å². The summed E-state index contributed by atoms with van der Waals surface area (Å²) in [5.41, 5.74) is 2.81. The van der Waals surface area contributed by atoms with Crippen molar-refractivity contribution in [3.8, 4) is 0 Å². The third kappa shape index (κ3) is 7.45. The number of benzene rings is 3. The number of amides is 1. The van der Waals surface area contributed by atoms with E-state index < -0.39 is 30.7 Å². The van der Waals surface area contributed by atoms with Crippen LogP contribution in [0.5, 0.6) is 0 Å². The van der Waals surface area contributed by atoms with Crippen LogP contribution >= 0.6 is 0 Å². The Hall–Kier alpha value is -3.10. The first-order valence-corrected chi connectivity index (χ1v) is 12.1. The van der Waals surface area contributed by atoms with Crippen molar-refractivity contribution in [1.29, 1.82) is 0 Å². The topological polar surface area (TPSA) is 66.0 Å². The lowest BCUT2D eigenvalue weighted by Gasteiger charge is -2.43. The van der Waals surface area contributed by atoms with Crippen molar-refractivity contribution in [2.45, 2.75) is 57.5 Å². The molecule has 36 heavy (non-hydrogen) atoms. The summed E-state index contributed by atoms with van der Waals surface area (Å²) in [5.74, 6) is -0.323. The maximum Gasteiger partial charge on any atom is 0.217 e. The molecule has 3 aromatic carbocycles. The predicted molar refractivity (Wildman–Crippen MR) is 134 cm³/mol. The second-order valence-corrected chi connectivity index (χ2v) is 8.77. The lowest BCUT2D eigenvalue weighted by atomic mass is 9.97. The molecule has 1 saturated heterocycles. The summed E-state index contributed by atoms with van der Waals surface area (Å²) in [6.45, 7) is 2.14. The number of halogens is 1. The Balaban J connectivity index is 1.49. The van der Waals surface area contributed by atoms with Gasteiger partial charge in [-0.25, -0.2) is 4.39 Å². The minimum absolute atomic E-state index is 0.0131. The number of carbonyl (C=O) groups is 1. The van der Waals surface area contributed by atoms with Gasteiger partial charge in [0.15, 0.2) is 12.5 Å². The van der Waals surface area contributed by atoms with Gasteiger partial charge >= 0.3 is 0 Å². The molecule has 190 valence electrons. The molecule has 1 aliphatic heterocycles. The smallest absolute Gasteiger partial charge is 0.217 e. The van der Waals surface area contributed by atoms with Gasteiger partial charge in [0.1, 0.15) is 18.2 Å². The molecule has 6 nitrogen and oxygen atoms in total. The highest BCUT2D eigenvalue weighted by molar-refractivity contribution is 5.73. The fourth-order valence-electron chi connectivity index (χ4n) is 4.14. The molecule has 0 aromatic heterocycles. The average Bonchev–Trinajstić information content (AvgIpc) is 2.90. The number of carbonyl (C=O) groups excluding carboxylic acids is 1. The van der Waals surface area contributed by atoms with E-state index in [0.717, 1.165) is 16.7 Å². The van der Waals surface area contributed by atoms with Crippen molar-refractivity contribution >= 4 is 5.91 Å². The quantitative estimate of drug-likeness (QED) is 0.424. The number of hydrogen-bond acceptors (Lipinski definition) is 5. The van der Waals surface area contributed by atoms with E-state index in [1.807, 2.05) is 91.0 Å². The molecule has 1 fully saturated rings. The summed E-state index contributed by atoms with van der Waals surface area (Å²) in [4.78, 5) is 12.0. The molecule has 0 spiro atoms. The van der Waals surface area contributed by atoms with Gasteiger partial charge < -0.3 is 24.3 Å². The molecular formula is C29H32FNO5. The molecule has 0 aliphatic carbocycles. The Kier molecular flexibility index (Phi) is 9.58. The first-order valence-electron chi connectivity index (χ1n) is 12.1. The van der Waals surface area contributed by atoms with Gasteiger partial charge in [-0.05, 0) is 16.7 Å². The monoisotopic (exact) mass is 493 g/mol. The third-order valence-corrected chi connectivity index (χ3v) is 5.93. The zero-order valence-electron chi connectivity index (χ0n) is 20.3. The zero-order valence-corrected chi connectivity index (χ0v) is 20.3. The Morgan fingerprint density at radius 3 is 1.83 bits per heavy atom. The largest absolute Gasteiger partial charge is 0.374 e. The molecule has 1 amide bonds. The van der Waals surface area contributed by atoms with Crippen LogP contribution in [-0.2, 0) is 43.6 Å². The Bertz CT molecular complexity index is 1050. The van der Waals surface area contributed by atoms with Crippen LogP contribution in [0.25, 0.3) is 0 Å². The summed E-state index contributed by atoms with van der Waals surface area (Å²) in [7, 11) is 0. The SMILES string of the molecule is CC(=O)N[C@H]1[C@@H](OCc2ccccc2)O[C@H](COCc2ccccc2)[C@@H](F)[C@@H]1OCc1ccccc1. The second kappa shape index (κ2) is 13.3. The minimum Gasteiger partial charge on any atom is -0.374 e. The number of ether oxygens (including phenoxy) is 4. The van der Waals surface area contributed by atoms with Gasteiger partial charge in [-0.1, -0.05) is 91.0 Å². The standard InChI is InChI=1S/C29H32FNO5/c1-21(32)31-27-28(34-18-23-13-7-3-8-14-23)26(30)25(20-33-17-22-11-5-2-6-12-22)36-29(27)35-19-24-15-9-4-10-16-24/h2-16,25-29H,17-20H2,1H3,(H,31,32)/t25-,26-,27-,28+,29+/m1/s1. The molecule has 7 heteroatoms. The normalized spacial score (nSPS) is 23.8. The molecule has 4 rings (SSSR count). The molecular weight excluding hydrogens is 461 g/mol. The first-order chi connectivity index (χ1) is 17.6. The maximum absolute atomic E-state index is 15.8. The van der Waals surface area contributed by atoms with Crippen molar-refractivity contribution in [2.24, 2.45) is 0 Å². The number of nitrogens with one attached hydrogen (secondary N) is 1. The number of alkyl halides is 1. The van der Waals surface area contributed by atoms with E-state index in [9.17, 15) is 4.79 Å². The van der Waals surface area contributed by atoms with Gasteiger partial charge in [0.05, 0.1) is 26.4 Å². The van der Waals surface area contributed by atoms with E-state index in [4.69, 9.17) is 18.9 Å². The Labute approximate surface area is 211 Å². The second-order valence-electron chi connectivity index (χ2n) is 8.77. The molecule has 1 heterocycles. The molecule has 0 radical (unpaired) electrons. The van der Waals surface area contributed by atoms with Crippen molar-refractivity contribution in [3.63, 3.8) is 0 Å². The zero-order chi connectivity index (χ0) is 25.2. The summed E-state index contributed by atoms with van der Waals surface area (Å²) in [5, 5.41) is 2.79. The molecule has 1 aliphatic rings. The molecule has 3 aromatic rings. The van der Waals surface area contributed by atoms with Gasteiger partial charge in [-0.15, -0.1) is 0 Å². The van der Waals surface area contributed by atoms with E-state index in [-0.39, 0.29) is 25.7 Å². The van der Waals surface area contributed by atoms with Gasteiger partial charge in [-0.2, -0.15) is 0 Å². The lowest BCUT2D eigenvalue weighted by molar-refractivity contribution is -0.273. The third-order valence-electron chi connectivity index (χ3n) is 5.93. The van der Waals surface area contributed by atoms with E-state index in [1.165, 1.54) is 6.92 Å². The van der Waals surface area contributed by atoms with Crippen LogP contribution in [0.3, 0.4) is 0 Å². The first kappa shape index (κ1) is 26.0. The van der Waals surface area contributed by atoms with Crippen LogP contribution in [0.4, 0.5) is 4.39 Å². The van der Waals surface area contributed by atoms with Crippen LogP contribution in [0.15, 0.2) is 91.0 Å². The van der Waals surface area contributed by atoms with Gasteiger partial charge in [0.25, 0.3) is 0 Å². The fraction of sp³-hybridized carbons (Fsp3) is 0.345. The average molecular weight is 494 g/mol. The van der Waals surface area contributed by atoms with Crippen LogP contribution in [0, 0.1) is 0 Å². The van der Waals surface area contributed by atoms with E-state index in [0.29, 0.717) is 6.61 Å². The van der Waals surface area contributed by atoms with Gasteiger partial charge in [-0.3, -0.25) is 4.79 Å². The fourth-order valence-corrected chi connectivity index (χ4v) is 4.14. The van der Waals surface area contributed by atoms with Crippen LogP contribution in [0.2, 0.25) is 0 Å². The molecule has 0 saturated carbocycles. The van der Waals surface area contributed by atoms with Crippen molar-refractivity contribution < 1.29 is 28.1 Å². The Morgan fingerprint density at radius 2 is 1.31 bits per heavy atom. The van der Waals surface area contributed by atoms with E-state index in [1.54, 1.807) is 0 Å². The van der Waals surface area contributed by atoms with Crippen LogP contribution in [-0.4, -0.2) is 43.2 Å². The van der Waals surface area contributed by atoms with Crippen molar-refractivity contribution in [1.82, 2.24) is 5.32 Å². The number of rotatable bonds is 11. The highest BCUT2D eigenvalue weighted by Gasteiger charge is 2.48. The molecule has 0 unspecified atom stereocenters. The van der Waals surface area contributed by atoms with Gasteiger partial charge in [0, 0.05) is 6.92 Å². The highest BCUT2D eigenvalue weighted by atomic mass is 19.1. The lowest BCUT2D eigenvalue weighted by Crippen LogP contribution is -2.64. The maximum atomic E-state index is 15.8. The summed E-state index contributed by atoms with van der Waals surface area (Å²) < 4.78 is 39.8. The molecule has 1 N–H and O–H groups in total.